The molecule has 3 rings (SSSR count). The highest BCUT2D eigenvalue weighted by molar-refractivity contribution is 5.88. The molecule has 2 aromatic rings. The molecule has 1 amide bonds. The molecule has 124 valence electrons. The maximum absolute atomic E-state index is 12.0. The number of likely N-dealkylation sites (tertiary alicyclic amines) is 1. The SMILES string of the molecule is NC/C=C/C(=O)N1CC(Nc2cc(-c3cnccn3)c[nH]c2=O)C1. The number of nitrogens with one attached hydrogen (secondary N) is 2. The number of nitrogens with two attached hydrogens (primary N) is 1. The molecule has 4 N–H and O–H groups in total. The predicted octanol–water partition coefficient (Wildman–Crippen LogP) is -0.0305. The van der Waals surface area contributed by atoms with Gasteiger partial charge in [-0.05, 0) is 6.07 Å². The molecule has 0 spiro atoms. The van der Waals surface area contributed by atoms with Crippen molar-refractivity contribution in [1.29, 1.82) is 0 Å². The number of aromatic nitrogens is 3. The van der Waals surface area contributed by atoms with E-state index in [4.69, 9.17) is 5.73 Å². The van der Waals surface area contributed by atoms with Crippen molar-refractivity contribution in [3.05, 3.63) is 53.4 Å². The quantitative estimate of drug-likeness (QED) is 0.664. The molecule has 1 saturated heterocycles. The summed E-state index contributed by atoms with van der Waals surface area (Å²) in [6, 6.07) is 1.78. The van der Waals surface area contributed by atoms with Crippen LogP contribution in [0, 0.1) is 0 Å². The largest absolute Gasteiger partial charge is 0.374 e. The van der Waals surface area contributed by atoms with Gasteiger partial charge in [0.1, 0.15) is 5.69 Å². The normalized spacial score (nSPS) is 14.6. The van der Waals surface area contributed by atoms with Crippen LogP contribution in [-0.4, -0.2) is 51.4 Å². The number of hydrogen-bond acceptors (Lipinski definition) is 6. The number of carbonyl (C=O) groups is 1. The number of hydrogen-bond donors (Lipinski definition) is 3. The molecule has 0 saturated carbocycles. The third-order valence-electron chi connectivity index (χ3n) is 3.71. The van der Waals surface area contributed by atoms with E-state index in [2.05, 4.69) is 20.3 Å². The van der Waals surface area contributed by atoms with Crippen LogP contribution in [0.15, 0.2) is 47.8 Å². The lowest BCUT2D eigenvalue weighted by Gasteiger charge is -2.39. The number of carbonyl (C=O) groups excluding carboxylic acids is 1. The summed E-state index contributed by atoms with van der Waals surface area (Å²) in [6.07, 6.45) is 9.51. The number of amides is 1. The van der Waals surface area contributed by atoms with Gasteiger partial charge in [-0.3, -0.25) is 19.6 Å². The van der Waals surface area contributed by atoms with Crippen LogP contribution in [0.25, 0.3) is 11.3 Å². The summed E-state index contributed by atoms with van der Waals surface area (Å²) in [7, 11) is 0. The van der Waals surface area contributed by atoms with Crippen LogP contribution < -0.4 is 16.6 Å². The van der Waals surface area contributed by atoms with Gasteiger partial charge in [-0.2, -0.15) is 0 Å². The molecule has 3 heterocycles. The zero-order valence-electron chi connectivity index (χ0n) is 13.0. The molecule has 0 bridgehead atoms. The van der Waals surface area contributed by atoms with Crippen molar-refractivity contribution in [3.63, 3.8) is 0 Å². The molecule has 0 aromatic carbocycles. The van der Waals surface area contributed by atoms with Gasteiger partial charge in [-0.1, -0.05) is 6.08 Å². The third-order valence-corrected chi connectivity index (χ3v) is 3.71. The van der Waals surface area contributed by atoms with E-state index in [0.29, 0.717) is 31.0 Å². The fourth-order valence-electron chi connectivity index (χ4n) is 2.43. The topological polar surface area (TPSA) is 117 Å². The summed E-state index contributed by atoms with van der Waals surface area (Å²) < 4.78 is 0. The Morgan fingerprint density at radius 2 is 2.29 bits per heavy atom. The van der Waals surface area contributed by atoms with Crippen LogP contribution in [0.5, 0.6) is 0 Å². The van der Waals surface area contributed by atoms with Crippen molar-refractivity contribution in [1.82, 2.24) is 19.9 Å². The summed E-state index contributed by atoms with van der Waals surface area (Å²) >= 11 is 0. The van der Waals surface area contributed by atoms with Gasteiger partial charge in [0.2, 0.25) is 5.91 Å². The monoisotopic (exact) mass is 326 g/mol. The number of pyridine rings is 1. The Morgan fingerprint density at radius 3 is 3.00 bits per heavy atom. The third kappa shape index (κ3) is 3.49. The first-order chi connectivity index (χ1) is 11.7. The standard InChI is InChI=1S/C16H18N6O2/c17-3-1-2-15(23)22-9-12(10-22)21-13-6-11(7-20-16(13)24)14-8-18-4-5-19-14/h1-2,4-8,12,21H,3,9-10,17H2,(H,20,24)/b2-1+. The Hall–Kier alpha value is -3.00. The first-order valence-electron chi connectivity index (χ1n) is 7.58. The number of aromatic amines is 1. The zero-order valence-corrected chi connectivity index (χ0v) is 13.0. The Balaban J connectivity index is 1.66. The first-order valence-corrected chi connectivity index (χ1v) is 7.58. The van der Waals surface area contributed by atoms with Crippen LogP contribution in [0.2, 0.25) is 0 Å². The molecule has 0 unspecified atom stereocenters. The molecule has 1 aliphatic heterocycles. The van der Waals surface area contributed by atoms with Crippen molar-refractivity contribution >= 4 is 11.6 Å². The zero-order chi connectivity index (χ0) is 16.9. The van der Waals surface area contributed by atoms with E-state index >= 15 is 0 Å². The van der Waals surface area contributed by atoms with E-state index in [1.807, 2.05) is 0 Å². The molecule has 8 nitrogen and oxygen atoms in total. The maximum Gasteiger partial charge on any atom is 0.271 e. The second-order valence-electron chi connectivity index (χ2n) is 5.44. The molecule has 1 aliphatic rings. The van der Waals surface area contributed by atoms with E-state index < -0.39 is 0 Å². The van der Waals surface area contributed by atoms with E-state index in [1.165, 1.54) is 6.08 Å². The van der Waals surface area contributed by atoms with Crippen molar-refractivity contribution in [2.75, 3.05) is 25.0 Å². The minimum Gasteiger partial charge on any atom is -0.374 e. The van der Waals surface area contributed by atoms with Gasteiger partial charge < -0.3 is 20.9 Å². The lowest BCUT2D eigenvalue weighted by atomic mass is 10.1. The Kier molecular flexibility index (Phi) is 4.66. The second kappa shape index (κ2) is 7.05. The van der Waals surface area contributed by atoms with E-state index in [9.17, 15) is 9.59 Å². The van der Waals surface area contributed by atoms with E-state index in [1.54, 1.807) is 41.8 Å². The van der Waals surface area contributed by atoms with Gasteiger partial charge in [-0.15, -0.1) is 0 Å². The average Bonchev–Trinajstić information content (AvgIpc) is 2.57. The summed E-state index contributed by atoms with van der Waals surface area (Å²) in [4.78, 5) is 36.3. The van der Waals surface area contributed by atoms with Gasteiger partial charge >= 0.3 is 0 Å². The minimum absolute atomic E-state index is 0.0402. The van der Waals surface area contributed by atoms with Crippen LogP contribution in [0.1, 0.15) is 0 Å². The smallest absolute Gasteiger partial charge is 0.271 e. The highest BCUT2D eigenvalue weighted by atomic mass is 16.2. The van der Waals surface area contributed by atoms with Crippen molar-refractivity contribution in [3.8, 4) is 11.3 Å². The number of anilines is 1. The summed E-state index contributed by atoms with van der Waals surface area (Å²) in [6.45, 7) is 1.43. The van der Waals surface area contributed by atoms with Gasteiger partial charge in [0.15, 0.2) is 0 Å². The molecular formula is C16H18N6O2. The summed E-state index contributed by atoms with van der Waals surface area (Å²) in [5.41, 5.74) is 7.01. The van der Waals surface area contributed by atoms with Gasteiger partial charge in [0.05, 0.1) is 17.9 Å². The molecule has 0 radical (unpaired) electrons. The first kappa shape index (κ1) is 15.9. The number of rotatable bonds is 5. The van der Waals surface area contributed by atoms with Crippen LogP contribution in [0.3, 0.4) is 0 Å². The van der Waals surface area contributed by atoms with Gasteiger partial charge in [0, 0.05) is 49.9 Å². The molecule has 1 fully saturated rings. The predicted molar refractivity (Wildman–Crippen MR) is 90.3 cm³/mol. The number of nitrogens with zero attached hydrogens (tertiary/aromatic N) is 3. The minimum atomic E-state index is -0.213. The lowest BCUT2D eigenvalue weighted by molar-refractivity contribution is -0.129. The second-order valence-corrected chi connectivity index (χ2v) is 5.44. The Morgan fingerprint density at radius 1 is 1.46 bits per heavy atom. The highest BCUT2D eigenvalue weighted by Gasteiger charge is 2.29. The van der Waals surface area contributed by atoms with Gasteiger partial charge in [0.25, 0.3) is 5.56 Å². The highest BCUT2D eigenvalue weighted by Crippen LogP contribution is 2.18. The van der Waals surface area contributed by atoms with Crippen molar-refractivity contribution in [2.24, 2.45) is 5.73 Å². The summed E-state index contributed by atoms with van der Waals surface area (Å²) in [5, 5.41) is 3.16. The molecule has 24 heavy (non-hydrogen) atoms. The fourth-order valence-corrected chi connectivity index (χ4v) is 2.43. The Bertz CT molecular complexity index is 796. The molecular weight excluding hydrogens is 308 g/mol. The molecule has 8 heteroatoms. The van der Waals surface area contributed by atoms with E-state index in [-0.39, 0.29) is 17.5 Å². The average molecular weight is 326 g/mol. The van der Waals surface area contributed by atoms with Crippen molar-refractivity contribution in [2.45, 2.75) is 6.04 Å². The lowest BCUT2D eigenvalue weighted by Crippen LogP contribution is -2.57. The molecule has 0 atom stereocenters. The van der Waals surface area contributed by atoms with Crippen LogP contribution in [0.4, 0.5) is 5.69 Å². The maximum atomic E-state index is 12.0. The molecule has 2 aromatic heterocycles. The van der Waals surface area contributed by atoms with Crippen molar-refractivity contribution < 1.29 is 4.79 Å². The van der Waals surface area contributed by atoms with Crippen LogP contribution >= 0.6 is 0 Å². The summed E-state index contributed by atoms with van der Waals surface area (Å²) in [5.74, 6) is -0.0688. The fraction of sp³-hybridized carbons (Fsp3) is 0.250. The van der Waals surface area contributed by atoms with E-state index in [0.717, 1.165) is 5.56 Å². The number of H-pyrrole nitrogens is 1. The molecule has 0 aliphatic carbocycles. The Labute approximate surface area is 138 Å². The van der Waals surface area contributed by atoms with Crippen LogP contribution in [-0.2, 0) is 4.79 Å². The van der Waals surface area contributed by atoms with Gasteiger partial charge in [-0.25, -0.2) is 0 Å².